The maximum Gasteiger partial charge on any atom is 0.0915 e. The molecule has 6 rings (SSSR count). The molecule has 5 saturated carbocycles. The lowest BCUT2D eigenvalue weighted by Crippen LogP contribution is -2.49. The number of hydrogen-bond donors (Lipinski definition) is 1. The molecule has 21 heavy (non-hydrogen) atoms. The third-order valence-electron chi connectivity index (χ3n) is 7.00. The molecule has 0 amide bonds. The van der Waals surface area contributed by atoms with Gasteiger partial charge >= 0.3 is 0 Å². The highest BCUT2D eigenvalue weighted by atomic mass is 15.3. The highest BCUT2D eigenvalue weighted by Gasteiger charge is 2.53. The fourth-order valence-electron chi connectivity index (χ4n) is 6.57. The summed E-state index contributed by atoms with van der Waals surface area (Å²) in [6.07, 6.45) is 16.0. The van der Waals surface area contributed by atoms with Crippen LogP contribution in [0, 0.1) is 17.8 Å². The summed E-state index contributed by atoms with van der Waals surface area (Å²) in [6.45, 7) is 0. The Bertz CT molecular complexity index is 518. The summed E-state index contributed by atoms with van der Waals surface area (Å²) in [5.41, 5.74) is 9.07. The van der Waals surface area contributed by atoms with E-state index in [0.29, 0.717) is 11.5 Å². The van der Waals surface area contributed by atoms with Gasteiger partial charge in [0.1, 0.15) is 0 Å². The third kappa shape index (κ3) is 1.82. The van der Waals surface area contributed by atoms with Gasteiger partial charge in [-0.25, -0.2) is 0 Å². The van der Waals surface area contributed by atoms with E-state index in [1.54, 1.807) is 0 Å². The van der Waals surface area contributed by atoms with Gasteiger partial charge in [0.05, 0.1) is 17.4 Å². The first-order valence-corrected chi connectivity index (χ1v) is 9.07. The van der Waals surface area contributed by atoms with Gasteiger partial charge in [-0.05, 0) is 69.1 Å². The Balaban J connectivity index is 1.52. The average molecular weight is 285 g/mol. The number of nitrogen functional groups attached to an aromatic ring is 1. The first kappa shape index (κ1) is 12.5. The molecule has 0 unspecified atom stereocenters. The summed E-state index contributed by atoms with van der Waals surface area (Å²) in [5, 5.41) is 5.07. The molecule has 0 aromatic carbocycles. The zero-order chi connectivity index (χ0) is 14.0. The van der Waals surface area contributed by atoms with Crippen molar-refractivity contribution in [3.63, 3.8) is 0 Å². The van der Waals surface area contributed by atoms with Crippen molar-refractivity contribution in [1.29, 1.82) is 0 Å². The monoisotopic (exact) mass is 285 g/mol. The predicted octanol–water partition coefficient (Wildman–Crippen LogP) is 4.05. The fraction of sp³-hybridized carbons (Fsp3) is 0.833. The molecule has 0 atom stereocenters. The van der Waals surface area contributed by atoms with Crippen molar-refractivity contribution in [3.8, 4) is 0 Å². The molecule has 5 aliphatic carbocycles. The van der Waals surface area contributed by atoms with E-state index in [9.17, 15) is 0 Å². The van der Waals surface area contributed by atoms with Crippen LogP contribution >= 0.6 is 0 Å². The van der Waals surface area contributed by atoms with Crippen LogP contribution in [0.4, 0.5) is 5.69 Å². The predicted molar refractivity (Wildman–Crippen MR) is 84.0 cm³/mol. The lowest BCUT2D eigenvalue weighted by atomic mass is 9.48. The van der Waals surface area contributed by atoms with E-state index >= 15 is 0 Å². The van der Waals surface area contributed by atoms with E-state index in [2.05, 4.69) is 10.9 Å². The van der Waals surface area contributed by atoms with Crippen LogP contribution in [0.1, 0.15) is 75.9 Å². The second-order valence-corrected chi connectivity index (χ2v) is 8.55. The number of nitrogens with zero attached hydrogens (tertiary/aromatic N) is 2. The van der Waals surface area contributed by atoms with Crippen LogP contribution in [0.25, 0.3) is 0 Å². The number of nitrogens with two attached hydrogens (primary N) is 1. The zero-order valence-electron chi connectivity index (χ0n) is 12.9. The van der Waals surface area contributed by atoms with Gasteiger partial charge in [-0.3, -0.25) is 4.68 Å². The van der Waals surface area contributed by atoms with Gasteiger partial charge in [0, 0.05) is 11.6 Å². The summed E-state index contributed by atoms with van der Waals surface area (Å²) in [4.78, 5) is 0. The summed E-state index contributed by atoms with van der Waals surface area (Å²) >= 11 is 0. The Morgan fingerprint density at radius 3 is 2.14 bits per heavy atom. The van der Waals surface area contributed by atoms with Crippen LogP contribution in [-0.4, -0.2) is 9.78 Å². The van der Waals surface area contributed by atoms with Crippen molar-refractivity contribution in [2.24, 2.45) is 17.8 Å². The van der Waals surface area contributed by atoms with E-state index < -0.39 is 0 Å². The molecule has 0 radical (unpaired) electrons. The topological polar surface area (TPSA) is 43.8 Å². The highest BCUT2D eigenvalue weighted by molar-refractivity contribution is 5.46. The Kier molecular flexibility index (Phi) is 2.55. The maximum absolute atomic E-state index is 6.45. The van der Waals surface area contributed by atoms with Crippen molar-refractivity contribution in [1.82, 2.24) is 9.78 Å². The van der Waals surface area contributed by atoms with E-state index in [1.807, 2.05) is 0 Å². The zero-order valence-corrected chi connectivity index (χ0v) is 12.9. The molecule has 0 aliphatic heterocycles. The molecule has 2 N–H and O–H groups in total. The second kappa shape index (κ2) is 4.27. The lowest BCUT2D eigenvalue weighted by molar-refractivity contribution is -0.00721. The molecule has 4 bridgehead atoms. The normalized spacial score (nSPS) is 42.0. The Labute approximate surface area is 127 Å². The molecule has 1 heterocycles. The average Bonchev–Trinajstić information content (AvgIpc) is 3.05. The first-order chi connectivity index (χ1) is 10.2. The molecule has 0 spiro atoms. The van der Waals surface area contributed by atoms with Crippen LogP contribution in [-0.2, 0) is 5.41 Å². The molecule has 114 valence electrons. The maximum atomic E-state index is 6.45. The summed E-state index contributed by atoms with van der Waals surface area (Å²) in [6, 6.07) is 0.620. The minimum Gasteiger partial charge on any atom is -0.396 e. The van der Waals surface area contributed by atoms with Crippen LogP contribution in [0.15, 0.2) is 6.20 Å². The van der Waals surface area contributed by atoms with Crippen molar-refractivity contribution < 1.29 is 0 Å². The number of rotatable bonds is 2. The van der Waals surface area contributed by atoms with E-state index in [1.165, 1.54) is 69.9 Å². The van der Waals surface area contributed by atoms with Crippen LogP contribution in [0.3, 0.4) is 0 Å². The van der Waals surface area contributed by atoms with E-state index in [0.717, 1.165) is 23.4 Å². The summed E-state index contributed by atoms with van der Waals surface area (Å²) < 4.78 is 2.23. The number of aromatic nitrogens is 2. The molecule has 0 saturated heterocycles. The Morgan fingerprint density at radius 1 is 1.00 bits per heavy atom. The molecule has 5 aliphatic rings. The standard InChI is InChI=1S/C18H27N3/c19-16-11-21(15-3-1-2-4-15)20-17(16)18-8-12-5-13(9-18)7-14(6-12)10-18/h11-15H,1-10,19H2. The lowest BCUT2D eigenvalue weighted by Gasteiger charge is -2.56. The number of hydrogen-bond acceptors (Lipinski definition) is 2. The van der Waals surface area contributed by atoms with E-state index in [4.69, 9.17) is 10.8 Å². The molecule has 3 heteroatoms. The Hall–Kier alpha value is -0.990. The summed E-state index contributed by atoms with van der Waals surface area (Å²) in [5.74, 6) is 2.90. The molecule has 5 fully saturated rings. The van der Waals surface area contributed by atoms with Gasteiger partial charge in [0.2, 0.25) is 0 Å². The largest absolute Gasteiger partial charge is 0.396 e. The minimum atomic E-state index is 0.350. The second-order valence-electron chi connectivity index (χ2n) is 8.55. The quantitative estimate of drug-likeness (QED) is 0.891. The third-order valence-corrected chi connectivity index (χ3v) is 7.00. The van der Waals surface area contributed by atoms with E-state index in [-0.39, 0.29) is 0 Å². The molecular weight excluding hydrogens is 258 g/mol. The van der Waals surface area contributed by atoms with Crippen molar-refractivity contribution in [3.05, 3.63) is 11.9 Å². The number of anilines is 1. The Morgan fingerprint density at radius 2 is 1.57 bits per heavy atom. The van der Waals surface area contributed by atoms with Crippen molar-refractivity contribution >= 4 is 5.69 Å². The molecule has 1 aromatic rings. The van der Waals surface area contributed by atoms with Gasteiger partial charge in [-0.2, -0.15) is 5.10 Å². The highest BCUT2D eigenvalue weighted by Crippen LogP contribution is 2.61. The fourth-order valence-corrected chi connectivity index (χ4v) is 6.57. The van der Waals surface area contributed by atoms with Crippen LogP contribution in [0.5, 0.6) is 0 Å². The van der Waals surface area contributed by atoms with Gasteiger partial charge < -0.3 is 5.73 Å². The van der Waals surface area contributed by atoms with Gasteiger partial charge in [-0.1, -0.05) is 12.8 Å². The smallest absolute Gasteiger partial charge is 0.0915 e. The summed E-state index contributed by atoms with van der Waals surface area (Å²) in [7, 11) is 0. The van der Waals surface area contributed by atoms with Crippen LogP contribution in [0.2, 0.25) is 0 Å². The van der Waals surface area contributed by atoms with Crippen molar-refractivity contribution in [2.45, 2.75) is 75.7 Å². The SMILES string of the molecule is Nc1cn(C2CCCC2)nc1C12CC3CC(CC(C3)C1)C2. The van der Waals surface area contributed by atoms with Crippen LogP contribution < -0.4 is 5.73 Å². The van der Waals surface area contributed by atoms with Gasteiger partial charge in [0.25, 0.3) is 0 Å². The van der Waals surface area contributed by atoms with Gasteiger partial charge in [-0.15, -0.1) is 0 Å². The van der Waals surface area contributed by atoms with Crippen molar-refractivity contribution in [2.75, 3.05) is 5.73 Å². The molecule has 3 nitrogen and oxygen atoms in total. The molecular formula is C18H27N3. The van der Waals surface area contributed by atoms with Gasteiger partial charge in [0.15, 0.2) is 0 Å². The first-order valence-electron chi connectivity index (χ1n) is 9.07. The minimum absolute atomic E-state index is 0.350. The molecule has 1 aromatic heterocycles.